The smallest absolute Gasteiger partial charge is 0.248 e. The number of aromatic nitrogens is 1. The van der Waals surface area contributed by atoms with E-state index in [1.807, 2.05) is 25.1 Å². The summed E-state index contributed by atoms with van der Waals surface area (Å²) in [5, 5.41) is 2.89. The molecule has 2 amide bonds. The molecule has 2 aromatic rings. The van der Waals surface area contributed by atoms with E-state index in [0.717, 1.165) is 30.4 Å². The number of primary amides is 1. The zero-order chi connectivity index (χ0) is 19.9. The van der Waals surface area contributed by atoms with Gasteiger partial charge in [0.2, 0.25) is 11.8 Å². The number of carbonyl (C=O) groups excluding carboxylic acids is 2. The van der Waals surface area contributed by atoms with Crippen LogP contribution in [0.25, 0.3) is 6.08 Å². The summed E-state index contributed by atoms with van der Waals surface area (Å²) in [7, 11) is 0. The maximum absolute atomic E-state index is 11.8. The van der Waals surface area contributed by atoms with E-state index >= 15 is 0 Å². The highest BCUT2D eigenvalue weighted by Gasteiger charge is 2.38. The molecule has 3 N–H and O–H groups in total. The van der Waals surface area contributed by atoms with E-state index in [-0.39, 0.29) is 12.0 Å². The Bertz CT molecular complexity index is 865. The maximum Gasteiger partial charge on any atom is 0.248 e. The van der Waals surface area contributed by atoms with E-state index in [1.165, 1.54) is 6.08 Å². The van der Waals surface area contributed by atoms with Crippen molar-refractivity contribution in [2.45, 2.75) is 32.3 Å². The maximum atomic E-state index is 11.8. The normalized spacial score (nSPS) is 18.0. The van der Waals surface area contributed by atoms with Gasteiger partial charge in [0.05, 0.1) is 0 Å². The molecule has 0 radical (unpaired) electrons. The van der Waals surface area contributed by atoms with Gasteiger partial charge in [0.15, 0.2) is 0 Å². The van der Waals surface area contributed by atoms with E-state index in [1.54, 1.807) is 30.6 Å². The van der Waals surface area contributed by atoms with E-state index in [9.17, 15) is 9.59 Å². The largest absolute Gasteiger partial charge is 0.490 e. The molecule has 28 heavy (non-hydrogen) atoms. The topological polar surface area (TPSA) is 94.3 Å². The van der Waals surface area contributed by atoms with Crippen molar-refractivity contribution in [3.05, 3.63) is 65.5 Å². The predicted molar refractivity (Wildman–Crippen MR) is 108 cm³/mol. The fraction of sp³-hybridized carbons (Fsp3) is 0.318. The van der Waals surface area contributed by atoms with Crippen molar-refractivity contribution in [1.82, 2.24) is 10.3 Å². The summed E-state index contributed by atoms with van der Waals surface area (Å²) < 4.78 is 5.96. The van der Waals surface area contributed by atoms with Crippen molar-refractivity contribution in [2.75, 3.05) is 6.54 Å². The van der Waals surface area contributed by atoms with Crippen LogP contribution in [-0.2, 0) is 4.79 Å². The Morgan fingerprint density at radius 2 is 2.21 bits per heavy atom. The first kappa shape index (κ1) is 19.6. The van der Waals surface area contributed by atoms with E-state index in [4.69, 9.17) is 10.5 Å². The van der Waals surface area contributed by atoms with Crippen molar-refractivity contribution in [3.63, 3.8) is 0 Å². The number of nitrogens with one attached hydrogen (secondary N) is 1. The van der Waals surface area contributed by atoms with Crippen molar-refractivity contribution in [2.24, 2.45) is 11.7 Å². The molecule has 0 bridgehead atoms. The average molecular weight is 379 g/mol. The zero-order valence-electron chi connectivity index (χ0n) is 15.9. The molecule has 1 aliphatic carbocycles. The number of nitrogens with two attached hydrogens (primary N) is 1. The molecule has 0 saturated heterocycles. The molecule has 2 atom stereocenters. The molecule has 1 fully saturated rings. The first-order chi connectivity index (χ1) is 13.5. The number of pyridine rings is 1. The van der Waals surface area contributed by atoms with Gasteiger partial charge in [-0.2, -0.15) is 0 Å². The summed E-state index contributed by atoms with van der Waals surface area (Å²) in [6.45, 7) is 2.55. The Labute approximate surface area is 164 Å². The van der Waals surface area contributed by atoms with Gasteiger partial charge in [-0.1, -0.05) is 6.07 Å². The molecule has 1 saturated carbocycles. The highest BCUT2D eigenvalue weighted by atomic mass is 16.5. The lowest BCUT2D eigenvalue weighted by Crippen LogP contribution is -2.22. The Hall–Kier alpha value is -3.15. The van der Waals surface area contributed by atoms with Crippen LogP contribution in [0.5, 0.6) is 5.75 Å². The van der Waals surface area contributed by atoms with Crippen LogP contribution >= 0.6 is 0 Å². The predicted octanol–water partition coefficient (Wildman–Crippen LogP) is 2.87. The van der Waals surface area contributed by atoms with Crippen LogP contribution in [0.15, 0.2) is 48.8 Å². The van der Waals surface area contributed by atoms with Crippen molar-refractivity contribution in [3.8, 4) is 5.75 Å². The van der Waals surface area contributed by atoms with Gasteiger partial charge < -0.3 is 15.8 Å². The molecule has 0 spiro atoms. The van der Waals surface area contributed by atoms with Gasteiger partial charge in [-0.25, -0.2) is 0 Å². The number of amides is 2. The van der Waals surface area contributed by atoms with Crippen LogP contribution < -0.4 is 15.8 Å². The number of aryl methyl sites for hydroxylation is 1. The minimum Gasteiger partial charge on any atom is -0.490 e. The number of rotatable bonds is 9. The quantitative estimate of drug-likeness (QED) is 0.517. The summed E-state index contributed by atoms with van der Waals surface area (Å²) >= 11 is 0. The summed E-state index contributed by atoms with van der Waals surface area (Å²) in [5.41, 5.74) is 7.66. The molecular weight excluding hydrogens is 354 g/mol. The van der Waals surface area contributed by atoms with Crippen LogP contribution in [0.3, 0.4) is 0 Å². The molecule has 0 aliphatic heterocycles. The monoisotopic (exact) mass is 379 g/mol. The lowest BCUT2D eigenvalue weighted by Gasteiger charge is -2.08. The molecule has 1 aromatic heterocycles. The Kier molecular flexibility index (Phi) is 6.42. The number of hydrogen-bond acceptors (Lipinski definition) is 4. The third-order valence-corrected chi connectivity index (χ3v) is 4.64. The number of nitrogens with zero attached hydrogens (tertiary/aromatic N) is 1. The van der Waals surface area contributed by atoms with Gasteiger partial charge in [0.1, 0.15) is 11.9 Å². The van der Waals surface area contributed by atoms with Gasteiger partial charge in [0.25, 0.3) is 0 Å². The van der Waals surface area contributed by atoms with Crippen LogP contribution in [0, 0.1) is 12.8 Å². The third kappa shape index (κ3) is 5.94. The zero-order valence-corrected chi connectivity index (χ0v) is 15.9. The number of benzene rings is 1. The van der Waals surface area contributed by atoms with Crippen LogP contribution in [0.2, 0.25) is 0 Å². The van der Waals surface area contributed by atoms with Crippen molar-refractivity contribution in [1.29, 1.82) is 0 Å². The molecular formula is C22H25N3O3. The molecule has 1 aromatic carbocycles. The van der Waals surface area contributed by atoms with Gasteiger partial charge in [-0.15, -0.1) is 0 Å². The second kappa shape index (κ2) is 9.17. The van der Waals surface area contributed by atoms with Crippen LogP contribution in [0.1, 0.15) is 40.7 Å². The Balaban J connectivity index is 1.35. The molecule has 1 aliphatic rings. The number of hydrogen-bond donors (Lipinski definition) is 2. The summed E-state index contributed by atoms with van der Waals surface area (Å²) in [6, 6.07) is 9.09. The molecule has 146 valence electrons. The lowest BCUT2D eigenvalue weighted by atomic mass is 10.1. The number of carbonyl (C=O) groups is 2. The summed E-state index contributed by atoms with van der Waals surface area (Å²) in [4.78, 5) is 27.2. The number of ether oxygens (including phenoxy) is 1. The minimum atomic E-state index is -0.450. The molecule has 1 heterocycles. The Morgan fingerprint density at radius 3 is 2.96 bits per heavy atom. The first-order valence-electron chi connectivity index (χ1n) is 9.45. The fourth-order valence-electron chi connectivity index (χ4n) is 3.08. The average Bonchev–Trinajstić information content (AvgIpc) is 3.41. The van der Waals surface area contributed by atoms with Gasteiger partial charge in [0, 0.05) is 30.6 Å². The van der Waals surface area contributed by atoms with Crippen LogP contribution in [-0.4, -0.2) is 29.4 Å². The summed E-state index contributed by atoms with van der Waals surface area (Å²) in [6.07, 6.45) is 9.73. The van der Waals surface area contributed by atoms with E-state index in [2.05, 4.69) is 10.3 Å². The highest BCUT2D eigenvalue weighted by molar-refractivity contribution is 5.93. The molecule has 2 unspecified atom stereocenters. The highest BCUT2D eigenvalue weighted by Crippen LogP contribution is 2.38. The Morgan fingerprint density at radius 1 is 1.36 bits per heavy atom. The lowest BCUT2D eigenvalue weighted by molar-refractivity contribution is -0.116. The van der Waals surface area contributed by atoms with Gasteiger partial charge >= 0.3 is 0 Å². The molecule has 6 heteroatoms. The fourth-order valence-corrected chi connectivity index (χ4v) is 3.08. The molecule has 3 rings (SSSR count). The first-order valence-corrected chi connectivity index (χ1v) is 9.45. The minimum absolute atomic E-state index is 0.105. The van der Waals surface area contributed by atoms with Crippen LogP contribution in [0.4, 0.5) is 0 Å². The van der Waals surface area contributed by atoms with Gasteiger partial charge in [-0.3, -0.25) is 14.6 Å². The second-order valence-corrected chi connectivity index (χ2v) is 7.10. The van der Waals surface area contributed by atoms with E-state index < -0.39 is 5.91 Å². The van der Waals surface area contributed by atoms with Crippen molar-refractivity contribution < 1.29 is 14.3 Å². The standard InChI is InChI=1S/C22H25N3O3/c1-15-10-18(22(23)27)12-19(11-15)28-20-13-17(20)5-3-9-25-21(26)7-6-16-4-2-8-24-14-16/h2,4,6-8,10-12,14,17,20H,3,5,9,13H2,1H3,(H2,23,27)(H,25,26)/b7-6+. The SMILES string of the molecule is Cc1cc(OC2CC2CCCNC(=O)/C=C/c2cccnc2)cc(C(N)=O)c1. The van der Waals surface area contributed by atoms with E-state index in [0.29, 0.717) is 23.8 Å². The third-order valence-electron chi connectivity index (χ3n) is 4.64. The van der Waals surface area contributed by atoms with Gasteiger partial charge in [-0.05, 0) is 73.6 Å². The van der Waals surface area contributed by atoms with Crippen molar-refractivity contribution >= 4 is 17.9 Å². The molecule has 6 nitrogen and oxygen atoms in total. The second-order valence-electron chi connectivity index (χ2n) is 7.10. The summed E-state index contributed by atoms with van der Waals surface area (Å²) in [5.74, 6) is 0.621.